The maximum absolute atomic E-state index is 9.00. The van der Waals surface area contributed by atoms with Crippen molar-refractivity contribution in [3.8, 4) is 22.4 Å². The summed E-state index contributed by atoms with van der Waals surface area (Å²) in [6, 6.07) is 21.1. The van der Waals surface area contributed by atoms with Gasteiger partial charge in [-0.1, -0.05) is 36.4 Å². The lowest BCUT2D eigenvalue weighted by atomic mass is 10.0. The van der Waals surface area contributed by atoms with Gasteiger partial charge in [0.15, 0.2) is 11.6 Å². The second kappa shape index (κ2) is 11.1. The van der Waals surface area contributed by atoms with Gasteiger partial charge < -0.3 is 24.6 Å². The summed E-state index contributed by atoms with van der Waals surface area (Å²) < 4.78 is 8.19. The normalized spacial score (nSPS) is 14.9. The Balaban J connectivity index is 0.000000680. The molecule has 9 heteroatoms. The minimum Gasteiger partial charge on any atom is -0.481 e. The zero-order valence-electron chi connectivity index (χ0n) is 22.2. The predicted molar refractivity (Wildman–Crippen MR) is 157 cm³/mol. The Kier molecular flexibility index (Phi) is 7.01. The van der Waals surface area contributed by atoms with Crippen molar-refractivity contribution in [2.45, 2.75) is 19.8 Å². The Morgan fingerprint density at radius 3 is 2.23 bits per heavy atom. The van der Waals surface area contributed by atoms with Crippen molar-refractivity contribution in [1.29, 1.82) is 0 Å². The quantitative estimate of drug-likeness (QED) is 0.299. The van der Waals surface area contributed by atoms with Crippen molar-refractivity contribution in [1.82, 2.24) is 20.0 Å². The zero-order chi connectivity index (χ0) is 27.5. The van der Waals surface area contributed by atoms with E-state index in [9.17, 15) is 0 Å². The summed E-state index contributed by atoms with van der Waals surface area (Å²) in [5, 5.41) is 15.2. The van der Waals surface area contributed by atoms with Crippen LogP contribution in [0.15, 0.2) is 87.5 Å². The van der Waals surface area contributed by atoms with Crippen molar-refractivity contribution < 1.29 is 14.3 Å². The highest BCUT2D eigenvalue weighted by molar-refractivity contribution is 6.01. The molecular weight excluding hydrogens is 504 g/mol. The number of pyridine rings is 1. The van der Waals surface area contributed by atoms with Gasteiger partial charge in [-0.05, 0) is 48.2 Å². The average molecular weight is 535 g/mol. The molecule has 0 spiro atoms. The number of benzene rings is 2. The van der Waals surface area contributed by atoms with E-state index < -0.39 is 5.97 Å². The van der Waals surface area contributed by atoms with Crippen molar-refractivity contribution in [2.24, 2.45) is 9.98 Å². The van der Waals surface area contributed by atoms with Crippen LogP contribution in [0.25, 0.3) is 39.0 Å². The SMILES string of the molecule is CC(=O)O.c1cn2cc(-c3ccc(-c4ccc5cc(C6=NCCCN6)oc5c4)cc3)nc2cc1C1=NCCCN1. The zero-order valence-corrected chi connectivity index (χ0v) is 22.2. The Morgan fingerprint density at radius 2 is 1.52 bits per heavy atom. The molecule has 0 atom stereocenters. The number of furan rings is 1. The minimum atomic E-state index is -0.833. The molecule has 0 aliphatic carbocycles. The average Bonchev–Trinajstić information content (AvgIpc) is 3.62. The number of aromatic nitrogens is 2. The number of carbonyl (C=O) groups is 1. The van der Waals surface area contributed by atoms with Gasteiger partial charge in [-0.2, -0.15) is 0 Å². The van der Waals surface area contributed by atoms with Crippen LogP contribution in [0.4, 0.5) is 0 Å². The van der Waals surface area contributed by atoms with Crippen molar-refractivity contribution in [3.05, 3.63) is 84.4 Å². The second-order valence-corrected chi connectivity index (χ2v) is 9.79. The first-order valence-corrected chi connectivity index (χ1v) is 13.4. The molecular formula is C31H30N6O3. The van der Waals surface area contributed by atoms with Crippen LogP contribution in [0.5, 0.6) is 0 Å². The summed E-state index contributed by atoms with van der Waals surface area (Å²) in [5.74, 6) is 1.78. The highest BCUT2D eigenvalue weighted by Crippen LogP contribution is 2.29. The molecule has 2 aromatic carbocycles. The molecule has 0 bridgehead atoms. The number of aliphatic imine (C=N–C) groups is 2. The fourth-order valence-corrected chi connectivity index (χ4v) is 4.85. The van der Waals surface area contributed by atoms with Gasteiger partial charge in [-0.15, -0.1) is 0 Å². The first kappa shape index (κ1) is 25.4. The van der Waals surface area contributed by atoms with E-state index in [2.05, 4.69) is 98.1 Å². The third-order valence-electron chi connectivity index (χ3n) is 6.80. The van der Waals surface area contributed by atoms with Crippen molar-refractivity contribution in [2.75, 3.05) is 26.2 Å². The number of amidine groups is 2. The molecule has 7 rings (SSSR count). The standard InChI is InChI=1S/C29H26N6O.C2H4O2/c1-10-30-28(31-11-1)23-9-14-35-18-24(34-27(35)17-23)20-5-3-19(4-6-20)21-7-8-22-16-26(36-25(22)15-21)29-32-12-2-13-33-29;1-2(3)4/h3-9,14-18H,1-2,10-13H2,(H,30,31)(H,32,33);1H3,(H,3,4). The maximum Gasteiger partial charge on any atom is 0.300 e. The number of fused-ring (bicyclic) bond motifs is 2. The molecule has 0 unspecified atom stereocenters. The van der Waals surface area contributed by atoms with E-state index in [1.54, 1.807) is 0 Å². The number of aliphatic carboxylic acids is 1. The molecule has 40 heavy (non-hydrogen) atoms. The van der Waals surface area contributed by atoms with Gasteiger partial charge in [0.05, 0.1) is 5.69 Å². The van der Waals surface area contributed by atoms with Crippen LogP contribution in [0, 0.1) is 0 Å². The summed E-state index contributed by atoms with van der Waals surface area (Å²) in [5.41, 5.74) is 7.15. The number of nitrogens with zero attached hydrogens (tertiary/aromatic N) is 4. The van der Waals surface area contributed by atoms with Gasteiger partial charge in [0, 0.05) is 62.0 Å². The van der Waals surface area contributed by atoms with Crippen LogP contribution in [0.1, 0.15) is 31.1 Å². The van der Waals surface area contributed by atoms with Crippen LogP contribution in [-0.2, 0) is 4.79 Å². The number of hydrogen-bond acceptors (Lipinski definition) is 7. The number of imidazole rings is 1. The lowest BCUT2D eigenvalue weighted by Gasteiger charge is -2.14. The number of nitrogens with one attached hydrogen (secondary N) is 2. The fourth-order valence-electron chi connectivity index (χ4n) is 4.85. The van der Waals surface area contributed by atoms with Crippen LogP contribution in [0.2, 0.25) is 0 Å². The number of rotatable bonds is 4. The van der Waals surface area contributed by atoms with E-state index >= 15 is 0 Å². The summed E-state index contributed by atoms with van der Waals surface area (Å²) in [7, 11) is 0. The summed E-state index contributed by atoms with van der Waals surface area (Å²) in [6.45, 7) is 4.71. The first-order valence-electron chi connectivity index (χ1n) is 13.4. The van der Waals surface area contributed by atoms with Crippen LogP contribution in [-0.4, -0.2) is 58.3 Å². The monoisotopic (exact) mass is 534 g/mol. The molecule has 9 nitrogen and oxygen atoms in total. The number of hydrogen-bond donors (Lipinski definition) is 3. The van der Waals surface area contributed by atoms with Gasteiger partial charge in [-0.25, -0.2) is 4.98 Å². The topological polar surface area (TPSA) is 117 Å². The molecule has 0 saturated heterocycles. The maximum atomic E-state index is 9.00. The van der Waals surface area contributed by atoms with E-state index in [0.717, 1.165) is 108 Å². The largest absolute Gasteiger partial charge is 0.481 e. The summed E-state index contributed by atoms with van der Waals surface area (Å²) in [6.07, 6.45) is 6.27. The molecule has 0 fully saturated rings. The number of carboxylic acid groups (broad SMARTS) is 1. The third-order valence-corrected chi connectivity index (χ3v) is 6.80. The highest BCUT2D eigenvalue weighted by atomic mass is 16.4. The molecule has 5 heterocycles. The van der Waals surface area contributed by atoms with E-state index in [1.807, 2.05) is 0 Å². The molecule has 2 aliphatic heterocycles. The fraction of sp³-hybridized carbons (Fsp3) is 0.226. The van der Waals surface area contributed by atoms with Gasteiger partial charge >= 0.3 is 0 Å². The van der Waals surface area contributed by atoms with E-state index in [4.69, 9.17) is 19.3 Å². The first-order chi connectivity index (χ1) is 19.5. The molecule has 0 saturated carbocycles. The third kappa shape index (κ3) is 5.44. The van der Waals surface area contributed by atoms with Crippen molar-refractivity contribution in [3.63, 3.8) is 0 Å². The molecule has 3 N–H and O–H groups in total. The molecule has 202 valence electrons. The molecule has 0 amide bonds. The van der Waals surface area contributed by atoms with Crippen LogP contribution < -0.4 is 10.6 Å². The Bertz CT molecular complexity index is 1700. The van der Waals surface area contributed by atoms with E-state index in [0.29, 0.717) is 0 Å². The Labute approximate surface area is 231 Å². The van der Waals surface area contributed by atoms with Gasteiger partial charge in [0.25, 0.3) is 5.97 Å². The van der Waals surface area contributed by atoms with Crippen molar-refractivity contribution >= 4 is 34.3 Å². The second-order valence-electron chi connectivity index (χ2n) is 9.79. The van der Waals surface area contributed by atoms with Crippen LogP contribution in [0.3, 0.4) is 0 Å². The lowest BCUT2D eigenvalue weighted by Crippen LogP contribution is -2.30. The molecule has 0 radical (unpaired) electrons. The predicted octanol–water partition coefficient (Wildman–Crippen LogP) is 4.99. The van der Waals surface area contributed by atoms with E-state index in [1.165, 1.54) is 0 Å². The Morgan fingerprint density at radius 1 is 0.850 bits per heavy atom. The smallest absolute Gasteiger partial charge is 0.300 e. The lowest BCUT2D eigenvalue weighted by molar-refractivity contribution is -0.134. The van der Waals surface area contributed by atoms with Crippen LogP contribution >= 0.6 is 0 Å². The van der Waals surface area contributed by atoms with Gasteiger partial charge in [-0.3, -0.25) is 14.8 Å². The van der Waals surface area contributed by atoms with Gasteiger partial charge in [0.1, 0.15) is 17.1 Å². The van der Waals surface area contributed by atoms with E-state index in [-0.39, 0.29) is 0 Å². The molecule has 5 aromatic rings. The summed E-state index contributed by atoms with van der Waals surface area (Å²) in [4.78, 5) is 23.0. The summed E-state index contributed by atoms with van der Waals surface area (Å²) >= 11 is 0. The highest BCUT2D eigenvalue weighted by Gasteiger charge is 2.14. The number of carboxylic acids is 1. The molecule has 2 aliphatic rings. The minimum absolute atomic E-state index is 0.804. The van der Waals surface area contributed by atoms with Gasteiger partial charge in [0.2, 0.25) is 0 Å². The Hall–Kier alpha value is -4.92. The molecule has 3 aromatic heterocycles.